The number of imidazole rings is 1. The minimum Gasteiger partial charge on any atom is -0.504 e. The zero-order valence-electron chi connectivity index (χ0n) is 10.0. The van der Waals surface area contributed by atoms with Gasteiger partial charge in [0.1, 0.15) is 5.82 Å². The van der Waals surface area contributed by atoms with Gasteiger partial charge in [0.05, 0.1) is 12.6 Å². The number of hydrogen-bond donors (Lipinski definition) is 2. The predicted molar refractivity (Wildman–Crippen MR) is 75.2 cm³/mol. The zero-order valence-corrected chi connectivity index (χ0v) is 11.6. The van der Waals surface area contributed by atoms with Gasteiger partial charge in [-0.1, -0.05) is 0 Å². The Bertz CT molecular complexity index is 755. The van der Waals surface area contributed by atoms with E-state index in [1.807, 2.05) is 6.07 Å². The summed E-state index contributed by atoms with van der Waals surface area (Å²) in [7, 11) is 1.51. The molecule has 3 aromatic rings. The highest BCUT2D eigenvalue weighted by Gasteiger charge is 2.09. The summed E-state index contributed by atoms with van der Waals surface area (Å²) < 4.78 is 5.97. The number of phenolic OH excluding ortho intramolecular Hbond substituents is 1. The van der Waals surface area contributed by atoms with Crippen molar-refractivity contribution in [2.24, 2.45) is 0 Å². The monoisotopic (exact) mass is 319 g/mol. The maximum atomic E-state index is 9.58. The van der Waals surface area contributed by atoms with Crippen LogP contribution in [-0.4, -0.2) is 27.2 Å². The first-order chi connectivity index (χ1) is 9.17. The number of aromatic amines is 1. The van der Waals surface area contributed by atoms with Gasteiger partial charge in [-0.2, -0.15) is 0 Å². The SMILES string of the molecule is COc1cc(-c2nc3ncc(Br)cc3[nH]2)ccc1O. The van der Waals surface area contributed by atoms with Crippen LogP contribution in [0.4, 0.5) is 0 Å². The standard InChI is InChI=1S/C13H10BrN3O2/c1-19-11-4-7(2-3-10(11)18)12-16-9-5-8(14)6-15-13(9)17-12/h2-6,18H,1H3,(H,15,16,17). The second-order valence-corrected chi connectivity index (χ2v) is 4.91. The van der Waals surface area contributed by atoms with E-state index in [4.69, 9.17) is 4.74 Å². The van der Waals surface area contributed by atoms with Crippen molar-refractivity contribution in [3.8, 4) is 22.9 Å². The largest absolute Gasteiger partial charge is 0.504 e. The molecule has 2 N–H and O–H groups in total. The molecule has 0 amide bonds. The maximum absolute atomic E-state index is 9.58. The van der Waals surface area contributed by atoms with Gasteiger partial charge >= 0.3 is 0 Å². The summed E-state index contributed by atoms with van der Waals surface area (Å²) >= 11 is 3.37. The van der Waals surface area contributed by atoms with E-state index in [9.17, 15) is 5.11 Å². The molecule has 3 rings (SSSR count). The molecule has 0 saturated carbocycles. The van der Waals surface area contributed by atoms with Gasteiger partial charge in [-0.25, -0.2) is 9.97 Å². The number of aromatic hydroxyl groups is 1. The van der Waals surface area contributed by atoms with Crippen LogP contribution in [-0.2, 0) is 0 Å². The van der Waals surface area contributed by atoms with Crippen LogP contribution >= 0.6 is 15.9 Å². The molecule has 19 heavy (non-hydrogen) atoms. The first-order valence-corrected chi connectivity index (χ1v) is 6.35. The minimum absolute atomic E-state index is 0.100. The maximum Gasteiger partial charge on any atom is 0.178 e. The Morgan fingerprint density at radius 1 is 1.32 bits per heavy atom. The zero-order chi connectivity index (χ0) is 13.4. The summed E-state index contributed by atoms with van der Waals surface area (Å²) in [5, 5.41) is 9.58. The number of fused-ring (bicyclic) bond motifs is 1. The van der Waals surface area contributed by atoms with E-state index in [0.29, 0.717) is 17.2 Å². The Morgan fingerprint density at radius 3 is 2.95 bits per heavy atom. The number of H-pyrrole nitrogens is 1. The summed E-state index contributed by atoms with van der Waals surface area (Å²) in [5.41, 5.74) is 2.31. The van der Waals surface area contributed by atoms with Crippen molar-refractivity contribution in [1.82, 2.24) is 15.0 Å². The molecule has 2 aromatic heterocycles. The molecular formula is C13H10BrN3O2. The summed E-state index contributed by atoms with van der Waals surface area (Å²) in [6.07, 6.45) is 1.70. The molecular weight excluding hydrogens is 310 g/mol. The molecule has 0 aliphatic carbocycles. The molecule has 1 aromatic carbocycles. The van der Waals surface area contributed by atoms with Crippen molar-refractivity contribution >= 4 is 27.1 Å². The van der Waals surface area contributed by atoms with Gasteiger partial charge in [0.2, 0.25) is 0 Å². The minimum atomic E-state index is 0.100. The van der Waals surface area contributed by atoms with Crippen LogP contribution in [0, 0.1) is 0 Å². The van der Waals surface area contributed by atoms with Crippen molar-refractivity contribution in [3.63, 3.8) is 0 Å². The van der Waals surface area contributed by atoms with Crippen LogP contribution in [0.15, 0.2) is 34.9 Å². The molecule has 6 heteroatoms. The van der Waals surface area contributed by atoms with Crippen LogP contribution in [0.25, 0.3) is 22.6 Å². The van der Waals surface area contributed by atoms with Crippen LogP contribution in [0.1, 0.15) is 0 Å². The molecule has 0 aliphatic heterocycles. The second kappa shape index (κ2) is 4.55. The molecule has 0 fully saturated rings. The normalized spacial score (nSPS) is 10.8. The van der Waals surface area contributed by atoms with Gasteiger partial charge in [0.15, 0.2) is 17.1 Å². The molecule has 5 nitrogen and oxygen atoms in total. The quantitative estimate of drug-likeness (QED) is 0.761. The number of benzene rings is 1. The van der Waals surface area contributed by atoms with Crippen molar-refractivity contribution in [1.29, 1.82) is 0 Å². The third-order valence-corrected chi connectivity index (χ3v) is 3.19. The molecule has 0 unspecified atom stereocenters. The third kappa shape index (κ3) is 2.15. The number of pyridine rings is 1. The predicted octanol–water partition coefficient (Wildman–Crippen LogP) is 3.10. The number of hydrogen-bond acceptors (Lipinski definition) is 4. The Balaban J connectivity index is 2.13. The lowest BCUT2D eigenvalue weighted by Crippen LogP contribution is -1.86. The van der Waals surface area contributed by atoms with E-state index >= 15 is 0 Å². The molecule has 0 saturated heterocycles. The Hall–Kier alpha value is -2.08. The van der Waals surface area contributed by atoms with Crippen LogP contribution in [0.5, 0.6) is 11.5 Å². The number of ether oxygens (including phenoxy) is 1. The fourth-order valence-corrected chi connectivity index (χ4v) is 2.17. The lowest BCUT2D eigenvalue weighted by molar-refractivity contribution is 0.373. The fraction of sp³-hybridized carbons (Fsp3) is 0.0769. The van der Waals surface area contributed by atoms with Crippen LogP contribution in [0.3, 0.4) is 0 Å². The van der Waals surface area contributed by atoms with E-state index in [1.165, 1.54) is 7.11 Å². The van der Waals surface area contributed by atoms with E-state index in [-0.39, 0.29) is 5.75 Å². The van der Waals surface area contributed by atoms with Gasteiger partial charge in [0, 0.05) is 16.2 Å². The van der Waals surface area contributed by atoms with Crippen LogP contribution in [0.2, 0.25) is 0 Å². The van der Waals surface area contributed by atoms with Crippen molar-refractivity contribution < 1.29 is 9.84 Å². The average Bonchev–Trinajstić information content (AvgIpc) is 2.82. The molecule has 0 spiro atoms. The summed E-state index contributed by atoms with van der Waals surface area (Å²) in [5.74, 6) is 1.19. The highest BCUT2D eigenvalue weighted by atomic mass is 79.9. The van der Waals surface area contributed by atoms with E-state index in [1.54, 1.807) is 24.4 Å². The Labute approximate surface area is 117 Å². The smallest absolute Gasteiger partial charge is 0.178 e. The van der Waals surface area contributed by atoms with Gasteiger partial charge in [-0.15, -0.1) is 0 Å². The first-order valence-electron chi connectivity index (χ1n) is 5.56. The van der Waals surface area contributed by atoms with Crippen molar-refractivity contribution in [2.75, 3.05) is 7.11 Å². The van der Waals surface area contributed by atoms with Crippen molar-refractivity contribution in [3.05, 3.63) is 34.9 Å². The summed E-state index contributed by atoms with van der Waals surface area (Å²) in [6, 6.07) is 6.98. The lowest BCUT2D eigenvalue weighted by Gasteiger charge is -2.04. The number of methoxy groups -OCH3 is 1. The summed E-state index contributed by atoms with van der Waals surface area (Å²) in [4.78, 5) is 11.8. The van der Waals surface area contributed by atoms with E-state index < -0.39 is 0 Å². The van der Waals surface area contributed by atoms with Gasteiger partial charge in [0.25, 0.3) is 0 Å². The molecule has 0 atom stereocenters. The number of phenols is 1. The fourth-order valence-electron chi connectivity index (χ4n) is 1.84. The van der Waals surface area contributed by atoms with Gasteiger partial charge in [-0.05, 0) is 40.2 Å². The molecule has 0 radical (unpaired) electrons. The number of aromatic nitrogens is 3. The first kappa shape index (κ1) is 12.0. The highest BCUT2D eigenvalue weighted by Crippen LogP contribution is 2.31. The molecule has 96 valence electrons. The summed E-state index contributed by atoms with van der Waals surface area (Å²) in [6.45, 7) is 0. The Morgan fingerprint density at radius 2 is 2.16 bits per heavy atom. The number of nitrogens with zero attached hydrogens (tertiary/aromatic N) is 2. The van der Waals surface area contributed by atoms with E-state index in [2.05, 4.69) is 30.9 Å². The molecule has 0 aliphatic rings. The second-order valence-electron chi connectivity index (χ2n) is 4.00. The van der Waals surface area contributed by atoms with E-state index in [0.717, 1.165) is 15.6 Å². The van der Waals surface area contributed by atoms with Gasteiger partial charge in [-0.3, -0.25) is 0 Å². The molecule has 0 bridgehead atoms. The lowest BCUT2D eigenvalue weighted by atomic mass is 10.2. The van der Waals surface area contributed by atoms with Crippen LogP contribution < -0.4 is 4.74 Å². The molecule has 2 heterocycles. The highest BCUT2D eigenvalue weighted by molar-refractivity contribution is 9.10. The van der Waals surface area contributed by atoms with Gasteiger partial charge < -0.3 is 14.8 Å². The topological polar surface area (TPSA) is 71.0 Å². The third-order valence-electron chi connectivity index (χ3n) is 2.76. The number of nitrogens with one attached hydrogen (secondary N) is 1. The Kier molecular flexibility index (Phi) is 2.87. The average molecular weight is 320 g/mol. The van der Waals surface area contributed by atoms with Crippen molar-refractivity contribution in [2.45, 2.75) is 0 Å². The number of rotatable bonds is 2. The number of halogens is 1.